The fourth-order valence-electron chi connectivity index (χ4n) is 2.19. The largest absolute Gasteiger partial charge is 0.466 e. The summed E-state index contributed by atoms with van der Waals surface area (Å²) in [5.41, 5.74) is -0.189. The summed E-state index contributed by atoms with van der Waals surface area (Å²) < 4.78 is 6.40. The van der Waals surface area contributed by atoms with Gasteiger partial charge in [0.15, 0.2) is 0 Å². The van der Waals surface area contributed by atoms with Crippen LogP contribution < -0.4 is 5.32 Å². The van der Waals surface area contributed by atoms with Crippen molar-refractivity contribution < 1.29 is 9.52 Å². The number of hydrogen-bond donors (Lipinski definition) is 2. The van der Waals surface area contributed by atoms with Gasteiger partial charge in [-0.3, -0.25) is 5.32 Å². The second kappa shape index (κ2) is 4.51. The van der Waals surface area contributed by atoms with E-state index >= 15 is 0 Å². The van der Waals surface area contributed by atoms with Crippen LogP contribution in [0.2, 0.25) is 0 Å². The summed E-state index contributed by atoms with van der Waals surface area (Å²) in [5.74, 6) is 1.48. The van der Waals surface area contributed by atoms with Gasteiger partial charge in [0.1, 0.15) is 5.76 Å². The van der Waals surface area contributed by atoms with Crippen LogP contribution >= 0.6 is 15.9 Å². The van der Waals surface area contributed by atoms with E-state index in [1.165, 1.54) is 12.8 Å². The molecule has 90 valence electrons. The number of nitrogens with one attached hydrogen (secondary N) is 1. The first-order chi connectivity index (χ1) is 7.57. The van der Waals surface area contributed by atoms with Gasteiger partial charge < -0.3 is 9.52 Å². The second-order valence-corrected chi connectivity index (χ2v) is 5.70. The highest BCUT2D eigenvalue weighted by atomic mass is 79.9. The Morgan fingerprint density at radius 1 is 1.69 bits per heavy atom. The third-order valence-corrected chi connectivity index (χ3v) is 4.05. The van der Waals surface area contributed by atoms with E-state index in [4.69, 9.17) is 4.42 Å². The van der Waals surface area contributed by atoms with Gasteiger partial charge in [0, 0.05) is 5.54 Å². The molecule has 0 spiro atoms. The Morgan fingerprint density at radius 3 is 2.81 bits per heavy atom. The van der Waals surface area contributed by atoms with Gasteiger partial charge in [-0.15, -0.1) is 0 Å². The Bertz CT molecular complexity index is 362. The molecule has 2 rings (SSSR count). The minimum absolute atomic E-state index is 0.0992. The lowest BCUT2D eigenvalue weighted by atomic mass is 9.95. The summed E-state index contributed by atoms with van der Waals surface area (Å²) >= 11 is 3.45. The Balaban J connectivity index is 2.06. The summed E-state index contributed by atoms with van der Waals surface area (Å²) in [6.45, 7) is 4.30. The average Bonchev–Trinajstić information content (AvgIpc) is 3.02. The van der Waals surface area contributed by atoms with Gasteiger partial charge in [0.2, 0.25) is 0 Å². The molecule has 0 amide bonds. The van der Waals surface area contributed by atoms with E-state index in [9.17, 15) is 5.11 Å². The molecule has 1 saturated carbocycles. The van der Waals surface area contributed by atoms with Crippen molar-refractivity contribution in [2.45, 2.75) is 38.3 Å². The lowest BCUT2D eigenvalue weighted by molar-refractivity contribution is 0.140. The van der Waals surface area contributed by atoms with E-state index in [1.807, 2.05) is 6.07 Å². The third kappa shape index (κ3) is 2.34. The highest BCUT2D eigenvalue weighted by Gasteiger charge is 2.42. The van der Waals surface area contributed by atoms with Crippen LogP contribution in [0.1, 0.15) is 38.5 Å². The van der Waals surface area contributed by atoms with Crippen molar-refractivity contribution in [3.05, 3.63) is 22.6 Å². The fraction of sp³-hybridized carbons (Fsp3) is 0.667. The Kier molecular flexibility index (Phi) is 3.42. The van der Waals surface area contributed by atoms with Crippen molar-refractivity contribution >= 4 is 15.9 Å². The number of halogens is 1. The number of hydrogen-bond acceptors (Lipinski definition) is 3. The van der Waals surface area contributed by atoms with Crippen molar-refractivity contribution in [1.29, 1.82) is 0 Å². The Hall–Kier alpha value is -0.320. The molecule has 1 aliphatic carbocycles. The van der Waals surface area contributed by atoms with E-state index in [0.717, 1.165) is 10.2 Å². The average molecular weight is 288 g/mol. The van der Waals surface area contributed by atoms with Crippen LogP contribution in [0.3, 0.4) is 0 Å². The monoisotopic (exact) mass is 287 g/mol. The zero-order valence-corrected chi connectivity index (χ0v) is 11.3. The van der Waals surface area contributed by atoms with Crippen molar-refractivity contribution in [2.24, 2.45) is 5.92 Å². The van der Waals surface area contributed by atoms with Gasteiger partial charge in [-0.2, -0.15) is 0 Å². The van der Waals surface area contributed by atoms with Crippen LogP contribution in [0.25, 0.3) is 0 Å². The highest BCUT2D eigenvalue weighted by Crippen LogP contribution is 2.40. The third-order valence-electron chi connectivity index (χ3n) is 3.39. The van der Waals surface area contributed by atoms with Gasteiger partial charge in [0.25, 0.3) is 0 Å². The number of aliphatic hydroxyl groups excluding tert-OH is 1. The molecule has 16 heavy (non-hydrogen) atoms. The topological polar surface area (TPSA) is 45.4 Å². The SMILES string of the molecule is CC(NC(C)(CO)C1CC1)c1occc1Br. The lowest BCUT2D eigenvalue weighted by Crippen LogP contribution is -2.48. The summed E-state index contributed by atoms with van der Waals surface area (Å²) in [7, 11) is 0. The van der Waals surface area contributed by atoms with E-state index in [2.05, 4.69) is 35.1 Å². The van der Waals surface area contributed by atoms with Crippen LogP contribution in [0, 0.1) is 5.92 Å². The summed E-state index contributed by atoms with van der Waals surface area (Å²) in [6, 6.07) is 1.99. The van der Waals surface area contributed by atoms with Crippen LogP contribution in [0.5, 0.6) is 0 Å². The predicted molar refractivity (Wildman–Crippen MR) is 66.2 cm³/mol. The van der Waals surface area contributed by atoms with Crippen molar-refractivity contribution in [3.8, 4) is 0 Å². The first kappa shape index (κ1) is 12.1. The number of rotatable bonds is 5. The maximum absolute atomic E-state index is 9.51. The molecule has 2 atom stereocenters. The molecule has 3 nitrogen and oxygen atoms in total. The van der Waals surface area contributed by atoms with E-state index in [0.29, 0.717) is 5.92 Å². The molecule has 0 aromatic carbocycles. The molecule has 0 radical (unpaired) electrons. The summed E-state index contributed by atoms with van der Waals surface area (Å²) in [4.78, 5) is 0. The van der Waals surface area contributed by atoms with Gasteiger partial charge in [-0.05, 0) is 54.6 Å². The maximum Gasteiger partial charge on any atom is 0.134 e. The fourth-order valence-corrected chi connectivity index (χ4v) is 2.73. The maximum atomic E-state index is 9.51. The van der Waals surface area contributed by atoms with Gasteiger partial charge in [-0.25, -0.2) is 0 Å². The van der Waals surface area contributed by atoms with Crippen molar-refractivity contribution in [2.75, 3.05) is 6.61 Å². The van der Waals surface area contributed by atoms with Crippen LogP contribution in [0.15, 0.2) is 21.2 Å². The van der Waals surface area contributed by atoms with Crippen LogP contribution in [0.4, 0.5) is 0 Å². The minimum atomic E-state index is -0.189. The minimum Gasteiger partial charge on any atom is -0.466 e. The van der Waals surface area contributed by atoms with Crippen LogP contribution in [-0.4, -0.2) is 17.3 Å². The Labute approximate surface area is 104 Å². The number of furan rings is 1. The van der Waals surface area contributed by atoms with E-state index < -0.39 is 0 Å². The molecule has 0 saturated heterocycles. The van der Waals surface area contributed by atoms with E-state index in [1.54, 1.807) is 6.26 Å². The first-order valence-electron chi connectivity index (χ1n) is 5.68. The molecule has 2 N–H and O–H groups in total. The van der Waals surface area contributed by atoms with Crippen molar-refractivity contribution in [1.82, 2.24) is 5.32 Å². The van der Waals surface area contributed by atoms with Crippen LogP contribution in [-0.2, 0) is 0 Å². The Morgan fingerprint density at radius 2 is 2.38 bits per heavy atom. The molecular weight excluding hydrogens is 270 g/mol. The molecule has 0 bridgehead atoms. The summed E-state index contributed by atoms with van der Waals surface area (Å²) in [5, 5.41) is 13.0. The standard InChI is InChI=1S/C12H18BrNO2/c1-8(11-10(13)5-6-16-11)14-12(2,7-15)9-3-4-9/h5-6,8-9,14-15H,3-4,7H2,1-2H3. The lowest BCUT2D eigenvalue weighted by Gasteiger charge is -2.32. The van der Waals surface area contributed by atoms with E-state index in [-0.39, 0.29) is 18.2 Å². The molecule has 4 heteroatoms. The second-order valence-electron chi connectivity index (χ2n) is 4.85. The first-order valence-corrected chi connectivity index (χ1v) is 6.47. The summed E-state index contributed by atoms with van der Waals surface area (Å²) in [6.07, 6.45) is 4.08. The molecule has 1 aliphatic rings. The smallest absolute Gasteiger partial charge is 0.134 e. The zero-order chi connectivity index (χ0) is 11.8. The van der Waals surface area contributed by atoms with Gasteiger partial charge in [-0.1, -0.05) is 0 Å². The quantitative estimate of drug-likeness (QED) is 0.875. The highest BCUT2D eigenvalue weighted by molar-refractivity contribution is 9.10. The molecule has 2 unspecified atom stereocenters. The van der Waals surface area contributed by atoms with Crippen molar-refractivity contribution in [3.63, 3.8) is 0 Å². The van der Waals surface area contributed by atoms with Gasteiger partial charge in [0.05, 0.1) is 23.4 Å². The molecule has 1 aromatic heterocycles. The molecule has 1 heterocycles. The molecular formula is C12H18BrNO2. The van der Waals surface area contributed by atoms with Gasteiger partial charge >= 0.3 is 0 Å². The zero-order valence-electron chi connectivity index (χ0n) is 9.66. The molecule has 1 aromatic rings. The normalized spacial score (nSPS) is 21.8. The number of aliphatic hydroxyl groups is 1. The molecule has 0 aliphatic heterocycles. The predicted octanol–water partition coefficient (Wildman–Crippen LogP) is 2.85. The molecule has 1 fully saturated rings.